The maximum Gasteiger partial charge on any atom is 0.0991 e. The smallest absolute Gasteiger partial charge is 0.0991 e. The van der Waals surface area contributed by atoms with E-state index >= 15 is 0 Å². The molecule has 2 aromatic carbocycles. The predicted octanol–water partition coefficient (Wildman–Crippen LogP) is 4.71. The van der Waals surface area contributed by atoms with Gasteiger partial charge in [-0.05, 0) is 41.8 Å². The van der Waals surface area contributed by atoms with E-state index < -0.39 is 0 Å². The number of hydrogen-bond acceptors (Lipinski definition) is 2. The Kier molecular flexibility index (Phi) is 4.64. The van der Waals surface area contributed by atoms with Crippen LogP contribution in [0.15, 0.2) is 42.5 Å². The second kappa shape index (κ2) is 6.44. The first-order chi connectivity index (χ1) is 9.65. The zero-order valence-electron chi connectivity index (χ0n) is 10.5. The van der Waals surface area contributed by atoms with E-state index in [1.54, 1.807) is 36.4 Å². The second-order valence-corrected chi connectivity index (χ2v) is 5.14. The van der Waals surface area contributed by atoms with E-state index in [0.717, 1.165) is 11.1 Å². The Bertz CT molecular complexity index is 691. The Morgan fingerprint density at radius 3 is 2.25 bits per heavy atom. The van der Waals surface area contributed by atoms with Crippen molar-refractivity contribution in [2.75, 3.05) is 0 Å². The highest BCUT2D eigenvalue weighted by atomic mass is 35.5. The molecule has 0 spiro atoms. The van der Waals surface area contributed by atoms with Gasteiger partial charge in [0.05, 0.1) is 23.6 Å². The van der Waals surface area contributed by atoms with Gasteiger partial charge in [0.25, 0.3) is 0 Å². The first-order valence-corrected chi connectivity index (χ1v) is 6.74. The molecule has 20 heavy (non-hydrogen) atoms. The van der Waals surface area contributed by atoms with Crippen LogP contribution in [0.2, 0.25) is 10.0 Å². The average Bonchev–Trinajstić information content (AvgIpc) is 2.47. The highest BCUT2D eigenvalue weighted by Crippen LogP contribution is 2.30. The summed E-state index contributed by atoms with van der Waals surface area (Å²) in [4.78, 5) is 0. The van der Waals surface area contributed by atoms with Crippen molar-refractivity contribution >= 4 is 23.2 Å². The number of nitriles is 2. The number of hydrogen-bond donors (Lipinski definition) is 0. The van der Waals surface area contributed by atoms with Gasteiger partial charge in [-0.3, -0.25) is 0 Å². The number of rotatable bonds is 3. The van der Waals surface area contributed by atoms with Crippen molar-refractivity contribution < 1.29 is 0 Å². The minimum absolute atomic E-state index is 0.388. The van der Waals surface area contributed by atoms with Crippen LogP contribution < -0.4 is 0 Å². The normalized spacial score (nSPS) is 11.4. The number of nitrogens with zero attached hydrogens (tertiary/aromatic N) is 2. The van der Waals surface area contributed by atoms with Gasteiger partial charge in [0.2, 0.25) is 0 Å². The second-order valence-electron chi connectivity index (χ2n) is 4.32. The molecule has 98 valence electrons. The highest BCUT2D eigenvalue weighted by molar-refractivity contribution is 6.36. The van der Waals surface area contributed by atoms with Gasteiger partial charge in [-0.25, -0.2) is 0 Å². The van der Waals surface area contributed by atoms with Crippen molar-refractivity contribution in [1.29, 1.82) is 10.5 Å². The molecule has 0 saturated carbocycles. The van der Waals surface area contributed by atoms with Gasteiger partial charge in [0, 0.05) is 10.0 Å². The third kappa shape index (κ3) is 3.11. The molecule has 1 atom stereocenters. The predicted molar refractivity (Wildman–Crippen MR) is 79.7 cm³/mol. The molecule has 0 amide bonds. The van der Waals surface area contributed by atoms with Crippen molar-refractivity contribution in [2.45, 2.75) is 12.3 Å². The van der Waals surface area contributed by atoms with Crippen molar-refractivity contribution in [3.63, 3.8) is 0 Å². The van der Waals surface area contributed by atoms with Gasteiger partial charge in [-0.1, -0.05) is 41.4 Å². The SMILES string of the molecule is N#Cc1cccc(C(C#N)Cc2c(Cl)cccc2Cl)c1. The summed E-state index contributed by atoms with van der Waals surface area (Å²) < 4.78 is 0. The summed E-state index contributed by atoms with van der Waals surface area (Å²) in [5.41, 5.74) is 2.08. The molecule has 4 heteroatoms. The molecule has 2 nitrogen and oxygen atoms in total. The first-order valence-electron chi connectivity index (χ1n) is 5.98. The molecule has 1 unspecified atom stereocenters. The Morgan fingerprint density at radius 2 is 1.65 bits per heavy atom. The highest BCUT2D eigenvalue weighted by Gasteiger charge is 2.16. The average molecular weight is 301 g/mol. The monoisotopic (exact) mass is 300 g/mol. The van der Waals surface area contributed by atoms with Crippen LogP contribution >= 0.6 is 23.2 Å². The van der Waals surface area contributed by atoms with E-state index in [4.69, 9.17) is 28.5 Å². The van der Waals surface area contributed by atoms with Crippen LogP contribution in [0.1, 0.15) is 22.6 Å². The van der Waals surface area contributed by atoms with Gasteiger partial charge in [0.15, 0.2) is 0 Å². The van der Waals surface area contributed by atoms with Crippen LogP contribution in [0, 0.1) is 22.7 Å². The maximum atomic E-state index is 9.37. The third-order valence-corrected chi connectivity index (χ3v) is 3.75. The molecular weight excluding hydrogens is 291 g/mol. The summed E-state index contributed by atoms with van der Waals surface area (Å²) in [6.07, 6.45) is 0.421. The van der Waals surface area contributed by atoms with Crippen LogP contribution in [0.5, 0.6) is 0 Å². The summed E-state index contributed by atoms with van der Waals surface area (Å²) in [6.45, 7) is 0. The fourth-order valence-electron chi connectivity index (χ4n) is 1.99. The van der Waals surface area contributed by atoms with E-state index in [-0.39, 0.29) is 5.92 Å². The zero-order chi connectivity index (χ0) is 14.5. The van der Waals surface area contributed by atoms with E-state index in [9.17, 15) is 5.26 Å². The lowest BCUT2D eigenvalue weighted by molar-refractivity contribution is 0.849. The van der Waals surface area contributed by atoms with Crippen LogP contribution in [-0.2, 0) is 6.42 Å². The maximum absolute atomic E-state index is 9.37. The van der Waals surface area contributed by atoms with E-state index in [0.29, 0.717) is 22.0 Å². The molecule has 0 bridgehead atoms. The summed E-state index contributed by atoms with van der Waals surface area (Å²) in [6, 6.07) is 16.6. The van der Waals surface area contributed by atoms with Crippen LogP contribution in [0.25, 0.3) is 0 Å². The van der Waals surface area contributed by atoms with Crippen LogP contribution in [0.3, 0.4) is 0 Å². The third-order valence-electron chi connectivity index (χ3n) is 3.04. The lowest BCUT2D eigenvalue weighted by Crippen LogP contribution is -2.02. The Hall–Kier alpha value is -2.00. The fourth-order valence-corrected chi connectivity index (χ4v) is 2.55. The lowest BCUT2D eigenvalue weighted by Gasteiger charge is -2.12. The fraction of sp³-hybridized carbons (Fsp3) is 0.125. The largest absolute Gasteiger partial charge is 0.198 e. The molecule has 0 fully saturated rings. The molecule has 0 aliphatic rings. The Morgan fingerprint density at radius 1 is 1.00 bits per heavy atom. The van der Waals surface area contributed by atoms with Gasteiger partial charge in [0.1, 0.15) is 0 Å². The molecule has 0 radical (unpaired) electrons. The first kappa shape index (κ1) is 14.4. The summed E-state index contributed by atoms with van der Waals surface area (Å²) >= 11 is 12.3. The minimum atomic E-state index is -0.388. The molecule has 0 aromatic heterocycles. The zero-order valence-corrected chi connectivity index (χ0v) is 12.0. The molecule has 0 saturated heterocycles. The molecule has 2 rings (SSSR count). The van der Waals surface area contributed by atoms with Gasteiger partial charge < -0.3 is 0 Å². The Labute approximate surface area is 127 Å². The number of halogens is 2. The quantitative estimate of drug-likeness (QED) is 0.824. The summed E-state index contributed by atoms with van der Waals surface area (Å²) in [5, 5.41) is 19.4. The summed E-state index contributed by atoms with van der Waals surface area (Å²) in [5.74, 6) is -0.388. The molecule has 0 aliphatic carbocycles. The minimum Gasteiger partial charge on any atom is -0.198 e. The lowest BCUT2D eigenvalue weighted by atomic mass is 9.92. The number of benzene rings is 2. The van der Waals surface area contributed by atoms with E-state index in [1.807, 2.05) is 6.07 Å². The molecule has 0 heterocycles. The van der Waals surface area contributed by atoms with Gasteiger partial charge >= 0.3 is 0 Å². The molecule has 0 aliphatic heterocycles. The summed E-state index contributed by atoms with van der Waals surface area (Å²) in [7, 11) is 0. The Balaban J connectivity index is 2.35. The topological polar surface area (TPSA) is 47.6 Å². The van der Waals surface area contributed by atoms with Gasteiger partial charge in [-0.2, -0.15) is 10.5 Å². The van der Waals surface area contributed by atoms with E-state index in [2.05, 4.69) is 12.1 Å². The molecular formula is C16H10Cl2N2. The molecule has 2 aromatic rings. The van der Waals surface area contributed by atoms with Crippen LogP contribution in [-0.4, -0.2) is 0 Å². The van der Waals surface area contributed by atoms with Crippen molar-refractivity contribution in [3.05, 3.63) is 69.2 Å². The molecule has 0 N–H and O–H groups in total. The van der Waals surface area contributed by atoms with E-state index in [1.165, 1.54) is 0 Å². The standard InChI is InChI=1S/C16H10Cl2N2/c17-15-5-2-6-16(18)14(15)8-13(10-20)12-4-1-3-11(7-12)9-19/h1-7,13H,8H2. The van der Waals surface area contributed by atoms with Crippen molar-refractivity contribution in [3.8, 4) is 12.1 Å². The van der Waals surface area contributed by atoms with Crippen molar-refractivity contribution in [2.24, 2.45) is 0 Å². The van der Waals surface area contributed by atoms with Crippen molar-refractivity contribution in [1.82, 2.24) is 0 Å². The van der Waals surface area contributed by atoms with Crippen LogP contribution in [0.4, 0.5) is 0 Å². The van der Waals surface area contributed by atoms with Gasteiger partial charge in [-0.15, -0.1) is 0 Å².